The zero-order valence-corrected chi connectivity index (χ0v) is 16.5. The highest BCUT2D eigenvalue weighted by molar-refractivity contribution is 14.0. The summed E-state index contributed by atoms with van der Waals surface area (Å²) in [5.41, 5.74) is 0. The first-order valence-corrected chi connectivity index (χ1v) is 9.31. The number of furan rings is 1. The van der Waals surface area contributed by atoms with Crippen molar-refractivity contribution in [3.63, 3.8) is 0 Å². The van der Waals surface area contributed by atoms with E-state index in [1.165, 1.54) is 0 Å². The van der Waals surface area contributed by atoms with Gasteiger partial charge in [0.1, 0.15) is 5.76 Å². The Balaban J connectivity index is 0.00000264. The Bertz CT molecular complexity index is 561. The van der Waals surface area contributed by atoms with Crippen molar-refractivity contribution in [2.24, 2.45) is 4.99 Å². The Kier molecular flexibility index (Phi) is 8.92. The summed E-state index contributed by atoms with van der Waals surface area (Å²) in [6.07, 6.45) is 2.47. The largest absolute Gasteiger partial charge is 0.469 e. The van der Waals surface area contributed by atoms with Crippen LogP contribution in [0, 0.1) is 0 Å². The van der Waals surface area contributed by atoms with Crippen molar-refractivity contribution in [1.82, 2.24) is 15.5 Å². The molecule has 2 heterocycles. The van der Waals surface area contributed by atoms with Crippen molar-refractivity contribution in [3.05, 3.63) is 24.2 Å². The summed E-state index contributed by atoms with van der Waals surface area (Å²) >= 11 is 0. The molecule has 0 aromatic carbocycles. The van der Waals surface area contributed by atoms with E-state index in [1.54, 1.807) is 13.3 Å². The fraction of sp³-hybridized carbons (Fsp3) is 0.643. The molecule has 0 saturated carbocycles. The highest BCUT2D eigenvalue weighted by Gasteiger charge is 2.20. The Morgan fingerprint density at radius 2 is 2.00 bits per heavy atom. The van der Waals surface area contributed by atoms with Gasteiger partial charge in [0.05, 0.1) is 17.8 Å². The predicted octanol–water partition coefficient (Wildman–Crippen LogP) is 0.336. The molecule has 0 atom stereocenters. The molecule has 0 radical (unpaired) electrons. The quantitative estimate of drug-likeness (QED) is 0.365. The summed E-state index contributed by atoms with van der Waals surface area (Å²) in [5.74, 6) is 2.22. The second kappa shape index (κ2) is 10.1. The molecule has 0 amide bonds. The van der Waals surface area contributed by atoms with Gasteiger partial charge in [-0.1, -0.05) is 0 Å². The van der Waals surface area contributed by atoms with Crippen molar-refractivity contribution in [2.45, 2.75) is 6.42 Å². The summed E-state index contributed by atoms with van der Waals surface area (Å²) < 4.78 is 28.0. The summed E-state index contributed by atoms with van der Waals surface area (Å²) in [6, 6.07) is 3.82. The van der Waals surface area contributed by atoms with Crippen LogP contribution < -0.4 is 10.6 Å². The van der Waals surface area contributed by atoms with Gasteiger partial charge in [0, 0.05) is 46.2 Å². The van der Waals surface area contributed by atoms with Crippen LogP contribution in [0.4, 0.5) is 0 Å². The number of rotatable bonds is 6. The Morgan fingerprint density at radius 1 is 1.30 bits per heavy atom. The number of hydrogen-bond acceptors (Lipinski definition) is 5. The average molecular weight is 456 g/mol. The van der Waals surface area contributed by atoms with E-state index in [1.807, 2.05) is 12.1 Å². The smallest absolute Gasteiger partial charge is 0.191 e. The third-order valence-corrected chi connectivity index (χ3v) is 5.23. The van der Waals surface area contributed by atoms with E-state index in [0.717, 1.165) is 37.8 Å². The van der Waals surface area contributed by atoms with Gasteiger partial charge in [-0.2, -0.15) is 0 Å². The van der Waals surface area contributed by atoms with Crippen LogP contribution in [-0.2, 0) is 16.3 Å². The van der Waals surface area contributed by atoms with Crippen LogP contribution in [0.5, 0.6) is 0 Å². The number of guanidine groups is 1. The van der Waals surface area contributed by atoms with Crippen molar-refractivity contribution >= 4 is 39.8 Å². The molecule has 1 saturated heterocycles. The maximum atomic E-state index is 11.4. The van der Waals surface area contributed by atoms with Gasteiger partial charge in [0.15, 0.2) is 15.8 Å². The fourth-order valence-corrected chi connectivity index (χ4v) is 3.56. The van der Waals surface area contributed by atoms with Gasteiger partial charge in [-0.05, 0) is 12.1 Å². The molecular weight excluding hydrogens is 431 g/mol. The van der Waals surface area contributed by atoms with Gasteiger partial charge in [0.25, 0.3) is 0 Å². The third kappa shape index (κ3) is 7.53. The number of nitrogens with one attached hydrogen (secondary N) is 2. The van der Waals surface area contributed by atoms with Crippen LogP contribution in [0.15, 0.2) is 27.8 Å². The van der Waals surface area contributed by atoms with Crippen LogP contribution in [0.1, 0.15) is 5.76 Å². The minimum atomic E-state index is -2.80. The van der Waals surface area contributed by atoms with E-state index in [2.05, 4.69) is 20.5 Å². The highest BCUT2D eigenvalue weighted by Crippen LogP contribution is 2.02. The predicted molar refractivity (Wildman–Crippen MR) is 102 cm³/mol. The first-order chi connectivity index (χ1) is 10.6. The maximum absolute atomic E-state index is 11.4. The average Bonchev–Trinajstić information content (AvgIpc) is 3.00. The fourth-order valence-electron chi connectivity index (χ4n) is 2.29. The van der Waals surface area contributed by atoms with Gasteiger partial charge in [-0.15, -0.1) is 24.0 Å². The SMILES string of the molecule is CN=C(NCCc1ccco1)NCCN1CCS(=O)(=O)CC1.I. The van der Waals surface area contributed by atoms with Crippen LogP contribution in [-0.4, -0.2) is 70.6 Å². The summed E-state index contributed by atoms with van der Waals surface area (Å²) in [4.78, 5) is 6.32. The van der Waals surface area contributed by atoms with Crippen LogP contribution in [0.25, 0.3) is 0 Å². The monoisotopic (exact) mass is 456 g/mol. The second-order valence-corrected chi connectivity index (χ2v) is 7.55. The van der Waals surface area contributed by atoms with Crippen molar-refractivity contribution < 1.29 is 12.8 Å². The van der Waals surface area contributed by atoms with Gasteiger partial charge < -0.3 is 15.1 Å². The van der Waals surface area contributed by atoms with E-state index in [9.17, 15) is 8.42 Å². The molecular formula is C14H25IN4O3S. The van der Waals surface area contributed by atoms with E-state index >= 15 is 0 Å². The number of nitrogens with zero attached hydrogens (tertiary/aromatic N) is 2. The number of sulfone groups is 1. The summed E-state index contributed by atoms with van der Waals surface area (Å²) in [7, 11) is -1.07. The molecule has 23 heavy (non-hydrogen) atoms. The summed E-state index contributed by atoms with van der Waals surface area (Å²) in [6.45, 7) is 3.53. The second-order valence-electron chi connectivity index (χ2n) is 5.25. The molecule has 2 N–H and O–H groups in total. The molecule has 0 unspecified atom stereocenters. The Labute approximate surface area is 154 Å². The lowest BCUT2D eigenvalue weighted by molar-refractivity contribution is 0.299. The molecule has 7 nitrogen and oxygen atoms in total. The number of halogens is 1. The lowest BCUT2D eigenvalue weighted by atomic mass is 10.3. The number of aliphatic imine (C=N–C) groups is 1. The zero-order valence-electron chi connectivity index (χ0n) is 13.3. The van der Waals surface area contributed by atoms with Crippen molar-refractivity contribution in [1.29, 1.82) is 0 Å². The molecule has 1 aromatic heterocycles. The van der Waals surface area contributed by atoms with Crippen LogP contribution in [0.3, 0.4) is 0 Å². The summed E-state index contributed by atoms with van der Waals surface area (Å²) in [5, 5.41) is 6.46. The zero-order chi connectivity index (χ0) is 15.8. The van der Waals surface area contributed by atoms with Gasteiger partial charge in [0.2, 0.25) is 0 Å². The van der Waals surface area contributed by atoms with Gasteiger partial charge >= 0.3 is 0 Å². The van der Waals surface area contributed by atoms with E-state index in [4.69, 9.17) is 4.42 Å². The minimum Gasteiger partial charge on any atom is -0.469 e. The molecule has 1 fully saturated rings. The third-order valence-electron chi connectivity index (χ3n) is 3.63. The molecule has 1 aromatic rings. The Hall–Kier alpha value is -0.810. The number of hydrogen-bond donors (Lipinski definition) is 2. The molecule has 2 rings (SSSR count). The highest BCUT2D eigenvalue weighted by atomic mass is 127. The van der Waals surface area contributed by atoms with E-state index < -0.39 is 9.84 Å². The first-order valence-electron chi connectivity index (χ1n) is 7.49. The maximum Gasteiger partial charge on any atom is 0.191 e. The van der Waals surface area contributed by atoms with Gasteiger partial charge in [-0.25, -0.2) is 8.42 Å². The standard InChI is InChI=1S/C14H24N4O3S.HI/c1-15-14(16-5-4-13-3-2-10-21-13)17-6-7-18-8-11-22(19,20)12-9-18;/h2-3,10H,4-9,11-12H2,1H3,(H2,15,16,17);1H. The molecule has 0 aliphatic carbocycles. The normalized spacial score (nSPS) is 18.2. The molecule has 9 heteroatoms. The molecule has 1 aliphatic rings. The van der Waals surface area contributed by atoms with Crippen LogP contribution in [0.2, 0.25) is 0 Å². The topological polar surface area (TPSA) is 86.9 Å². The van der Waals surface area contributed by atoms with Crippen molar-refractivity contribution in [2.75, 3.05) is 51.3 Å². The van der Waals surface area contributed by atoms with E-state index in [-0.39, 0.29) is 35.5 Å². The van der Waals surface area contributed by atoms with Crippen LogP contribution >= 0.6 is 24.0 Å². The lowest BCUT2D eigenvalue weighted by Crippen LogP contribution is -2.46. The van der Waals surface area contributed by atoms with Crippen molar-refractivity contribution in [3.8, 4) is 0 Å². The first kappa shape index (κ1) is 20.2. The Morgan fingerprint density at radius 3 is 2.61 bits per heavy atom. The minimum absolute atomic E-state index is 0. The molecule has 1 aliphatic heterocycles. The van der Waals surface area contributed by atoms with E-state index in [0.29, 0.717) is 13.1 Å². The van der Waals surface area contributed by atoms with Gasteiger partial charge in [-0.3, -0.25) is 9.89 Å². The molecule has 0 spiro atoms. The molecule has 132 valence electrons. The lowest BCUT2D eigenvalue weighted by Gasteiger charge is -2.26. The molecule has 0 bridgehead atoms.